The third-order valence-corrected chi connectivity index (χ3v) is 3.93. The van der Waals surface area contributed by atoms with E-state index in [1.165, 1.54) is 12.1 Å². The van der Waals surface area contributed by atoms with Crippen molar-refractivity contribution in [2.24, 2.45) is 11.7 Å². The van der Waals surface area contributed by atoms with Crippen molar-refractivity contribution in [2.75, 3.05) is 19.6 Å². The Kier molecular flexibility index (Phi) is 3.97. The van der Waals surface area contributed by atoms with Gasteiger partial charge in [0, 0.05) is 18.2 Å². The van der Waals surface area contributed by atoms with Crippen molar-refractivity contribution in [1.29, 1.82) is 0 Å². The van der Waals surface area contributed by atoms with Crippen LogP contribution in [0.15, 0.2) is 12.1 Å². The van der Waals surface area contributed by atoms with E-state index in [4.69, 9.17) is 5.73 Å². The molecule has 100 valence electrons. The Balaban J connectivity index is 2.19. The van der Waals surface area contributed by atoms with Crippen LogP contribution in [0.3, 0.4) is 0 Å². The van der Waals surface area contributed by atoms with Gasteiger partial charge in [0.05, 0.1) is 0 Å². The van der Waals surface area contributed by atoms with Gasteiger partial charge in [-0.05, 0) is 57.0 Å². The quantitative estimate of drug-likeness (QED) is 0.898. The van der Waals surface area contributed by atoms with Crippen molar-refractivity contribution < 1.29 is 8.78 Å². The molecule has 0 aromatic heterocycles. The summed E-state index contributed by atoms with van der Waals surface area (Å²) in [4.78, 5) is 2.17. The van der Waals surface area contributed by atoms with Gasteiger partial charge in [-0.1, -0.05) is 0 Å². The van der Waals surface area contributed by atoms with Gasteiger partial charge in [-0.15, -0.1) is 0 Å². The molecular weight excluding hydrogens is 234 g/mol. The fraction of sp³-hybridized carbons (Fsp3) is 0.571. The van der Waals surface area contributed by atoms with Gasteiger partial charge in [-0.2, -0.15) is 0 Å². The molecule has 0 aliphatic carbocycles. The fourth-order valence-electron chi connectivity index (χ4n) is 2.59. The lowest BCUT2D eigenvalue weighted by Gasteiger charge is -2.25. The van der Waals surface area contributed by atoms with Gasteiger partial charge in [-0.3, -0.25) is 4.90 Å². The minimum absolute atomic E-state index is 0.100. The van der Waals surface area contributed by atoms with Crippen LogP contribution in [0.25, 0.3) is 0 Å². The van der Waals surface area contributed by atoms with Crippen molar-refractivity contribution in [3.05, 3.63) is 34.9 Å². The zero-order chi connectivity index (χ0) is 13.3. The van der Waals surface area contributed by atoms with E-state index < -0.39 is 0 Å². The van der Waals surface area contributed by atoms with Gasteiger partial charge < -0.3 is 5.73 Å². The molecule has 18 heavy (non-hydrogen) atoms. The van der Waals surface area contributed by atoms with E-state index in [0.717, 1.165) is 19.5 Å². The Hall–Kier alpha value is -1.00. The van der Waals surface area contributed by atoms with E-state index in [1.807, 2.05) is 6.92 Å². The van der Waals surface area contributed by atoms with Gasteiger partial charge in [0.1, 0.15) is 11.6 Å². The molecular formula is C14H20F2N2. The monoisotopic (exact) mass is 254 g/mol. The van der Waals surface area contributed by atoms with Crippen molar-refractivity contribution >= 4 is 0 Å². The molecule has 0 spiro atoms. The van der Waals surface area contributed by atoms with Crippen LogP contribution in [-0.4, -0.2) is 24.5 Å². The van der Waals surface area contributed by atoms with Crippen molar-refractivity contribution in [1.82, 2.24) is 4.90 Å². The Morgan fingerprint density at radius 1 is 1.39 bits per heavy atom. The van der Waals surface area contributed by atoms with E-state index >= 15 is 0 Å². The molecule has 0 radical (unpaired) electrons. The first-order valence-corrected chi connectivity index (χ1v) is 6.42. The molecule has 1 aromatic carbocycles. The molecule has 4 heteroatoms. The minimum atomic E-state index is -0.340. The molecule has 2 N–H and O–H groups in total. The van der Waals surface area contributed by atoms with Gasteiger partial charge in [0.2, 0.25) is 0 Å². The Labute approximate surface area is 107 Å². The van der Waals surface area contributed by atoms with Crippen LogP contribution in [0.1, 0.15) is 30.5 Å². The molecule has 1 aliphatic rings. The standard InChI is InChI=1S/C14H20F2N2/c1-9-5-14(16)12(6-13(9)15)10(2)18-4-3-11(7-17)8-18/h5-6,10-11H,3-4,7-8,17H2,1-2H3. The summed E-state index contributed by atoms with van der Waals surface area (Å²) < 4.78 is 27.4. The zero-order valence-corrected chi connectivity index (χ0v) is 10.9. The van der Waals surface area contributed by atoms with Crippen LogP contribution in [0.2, 0.25) is 0 Å². The molecule has 1 saturated heterocycles. The summed E-state index contributed by atoms with van der Waals surface area (Å²) in [5.74, 6) is -0.184. The second-order valence-corrected chi connectivity index (χ2v) is 5.18. The average molecular weight is 254 g/mol. The highest BCUT2D eigenvalue weighted by Gasteiger charge is 2.27. The molecule has 1 fully saturated rings. The minimum Gasteiger partial charge on any atom is -0.330 e. The highest BCUT2D eigenvalue weighted by molar-refractivity contribution is 5.27. The second kappa shape index (κ2) is 5.33. The summed E-state index contributed by atoms with van der Waals surface area (Å²) in [5, 5.41) is 0. The van der Waals surface area contributed by atoms with Crippen molar-refractivity contribution in [3.8, 4) is 0 Å². The first kappa shape index (κ1) is 13.4. The molecule has 0 bridgehead atoms. The maximum absolute atomic E-state index is 13.9. The third kappa shape index (κ3) is 2.54. The van der Waals surface area contributed by atoms with E-state index in [2.05, 4.69) is 4.90 Å². The average Bonchev–Trinajstić information content (AvgIpc) is 2.81. The number of halogens is 2. The molecule has 1 heterocycles. The predicted octanol–water partition coefficient (Wildman–Crippen LogP) is 2.61. The number of likely N-dealkylation sites (tertiary alicyclic amines) is 1. The Morgan fingerprint density at radius 2 is 2.11 bits per heavy atom. The van der Waals surface area contributed by atoms with Gasteiger partial charge in [0.15, 0.2) is 0 Å². The summed E-state index contributed by atoms with van der Waals surface area (Å²) in [5.41, 5.74) is 6.44. The second-order valence-electron chi connectivity index (χ2n) is 5.18. The Morgan fingerprint density at radius 3 is 2.72 bits per heavy atom. The number of nitrogens with zero attached hydrogens (tertiary/aromatic N) is 1. The molecule has 0 saturated carbocycles. The lowest BCUT2D eigenvalue weighted by molar-refractivity contribution is 0.248. The number of hydrogen-bond acceptors (Lipinski definition) is 2. The van der Waals surface area contributed by atoms with Gasteiger partial charge in [0.25, 0.3) is 0 Å². The Bertz CT molecular complexity index is 434. The van der Waals surface area contributed by atoms with E-state index in [-0.39, 0.29) is 17.7 Å². The highest BCUT2D eigenvalue weighted by Crippen LogP contribution is 2.29. The van der Waals surface area contributed by atoms with Crippen LogP contribution < -0.4 is 5.73 Å². The van der Waals surface area contributed by atoms with E-state index in [9.17, 15) is 8.78 Å². The van der Waals surface area contributed by atoms with Crippen LogP contribution in [0, 0.1) is 24.5 Å². The normalized spacial score (nSPS) is 22.4. The molecule has 2 unspecified atom stereocenters. The topological polar surface area (TPSA) is 29.3 Å². The number of rotatable bonds is 3. The molecule has 1 aliphatic heterocycles. The summed E-state index contributed by atoms with van der Waals surface area (Å²) >= 11 is 0. The van der Waals surface area contributed by atoms with Crippen molar-refractivity contribution in [3.63, 3.8) is 0 Å². The van der Waals surface area contributed by atoms with Crippen LogP contribution in [0.4, 0.5) is 8.78 Å². The zero-order valence-electron chi connectivity index (χ0n) is 10.9. The van der Waals surface area contributed by atoms with Crippen LogP contribution in [0.5, 0.6) is 0 Å². The summed E-state index contributed by atoms with van der Waals surface area (Å²) in [6.45, 7) is 5.93. The van der Waals surface area contributed by atoms with Crippen LogP contribution in [-0.2, 0) is 0 Å². The fourth-order valence-corrected chi connectivity index (χ4v) is 2.59. The highest BCUT2D eigenvalue weighted by atomic mass is 19.1. The molecule has 2 atom stereocenters. The van der Waals surface area contributed by atoms with Gasteiger partial charge in [-0.25, -0.2) is 8.78 Å². The summed E-state index contributed by atoms with van der Waals surface area (Å²) in [6.07, 6.45) is 1.04. The van der Waals surface area contributed by atoms with E-state index in [1.54, 1.807) is 6.92 Å². The third-order valence-electron chi connectivity index (χ3n) is 3.93. The number of hydrogen-bond donors (Lipinski definition) is 1. The van der Waals surface area contributed by atoms with E-state index in [0.29, 0.717) is 23.6 Å². The number of benzene rings is 1. The first-order chi connectivity index (χ1) is 8.52. The molecule has 2 nitrogen and oxygen atoms in total. The van der Waals surface area contributed by atoms with Crippen molar-refractivity contribution in [2.45, 2.75) is 26.3 Å². The number of nitrogens with two attached hydrogens (primary N) is 1. The predicted molar refractivity (Wildman–Crippen MR) is 68.2 cm³/mol. The SMILES string of the molecule is Cc1cc(F)c(C(C)N2CCC(CN)C2)cc1F. The molecule has 2 rings (SSSR count). The maximum atomic E-state index is 13.9. The largest absolute Gasteiger partial charge is 0.330 e. The number of aryl methyl sites for hydroxylation is 1. The van der Waals surface area contributed by atoms with Crippen LogP contribution >= 0.6 is 0 Å². The lowest BCUT2D eigenvalue weighted by Crippen LogP contribution is -2.27. The molecule has 1 aromatic rings. The molecule has 0 amide bonds. The summed E-state index contributed by atoms with van der Waals surface area (Å²) in [6, 6.07) is 2.50. The smallest absolute Gasteiger partial charge is 0.128 e. The summed E-state index contributed by atoms with van der Waals surface area (Å²) in [7, 11) is 0. The van der Waals surface area contributed by atoms with Gasteiger partial charge >= 0.3 is 0 Å². The first-order valence-electron chi connectivity index (χ1n) is 6.42. The lowest BCUT2D eigenvalue weighted by atomic mass is 10.0. The maximum Gasteiger partial charge on any atom is 0.128 e.